The lowest BCUT2D eigenvalue weighted by atomic mass is 10.0. The van der Waals surface area contributed by atoms with Gasteiger partial charge in [0, 0.05) is 19.1 Å². The quantitative estimate of drug-likeness (QED) is 0.660. The number of amides is 2. The lowest BCUT2D eigenvalue weighted by molar-refractivity contribution is 0.0697. The third-order valence-electron chi connectivity index (χ3n) is 5.73. The molecule has 0 atom stereocenters. The van der Waals surface area contributed by atoms with Crippen molar-refractivity contribution in [3.05, 3.63) is 77.5 Å². The molecule has 0 aliphatic carbocycles. The summed E-state index contributed by atoms with van der Waals surface area (Å²) in [6.45, 7) is 6.01. The summed E-state index contributed by atoms with van der Waals surface area (Å²) in [5, 5.41) is 7.66. The van der Waals surface area contributed by atoms with Crippen LogP contribution >= 0.6 is 0 Å². The zero-order chi connectivity index (χ0) is 21.8. The Bertz CT molecular complexity index is 1020. The molecule has 1 fully saturated rings. The van der Waals surface area contributed by atoms with Crippen molar-refractivity contribution in [1.29, 1.82) is 0 Å². The van der Waals surface area contributed by atoms with E-state index >= 15 is 0 Å². The molecule has 4 rings (SSSR count). The van der Waals surface area contributed by atoms with E-state index in [1.807, 2.05) is 27.8 Å². The summed E-state index contributed by atoms with van der Waals surface area (Å²) in [5.74, 6) is 0.0480. The normalized spacial score (nSPS) is 14.7. The number of hydrogen-bond donors (Lipinski definition) is 1. The highest BCUT2D eigenvalue weighted by atomic mass is 16.3. The molecule has 162 valence electrons. The van der Waals surface area contributed by atoms with Crippen molar-refractivity contribution >= 4 is 11.8 Å². The number of carbonyl (C=O) groups excluding carboxylic acids is 2. The second kappa shape index (κ2) is 9.20. The van der Waals surface area contributed by atoms with Crippen molar-refractivity contribution in [2.45, 2.75) is 45.2 Å². The van der Waals surface area contributed by atoms with Crippen LogP contribution in [0.15, 0.2) is 59.5 Å². The number of furan rings is 1. The molecule has 7 heteroatoms. The van der Waals surface area contributed by atoms with E-state index in [2.05, 4.69) is 36.4 Å². The zero-order valence-electron chi connectivity index (χ0n) is 18.0. The maximum Gasteiger partial charge on any atom is 0.257 e. The van der Waals surface area contributed by atoms with Gasteiger partial charge in [-0.25, -0.2) is 0 Å². The second-order valence-corrected chi connectivity index (χ2v) is 8.29. The average molecular weight is 421 g/mol. The number of piperidine rings is 1. The van der Waals surface area contributed by atoms with Crippen LogP contribution in [0.5, 0.6) is 0 Å². The van der Waals surface area contributed by atoms with Crippen LogP contribution in [-0.2, 0) is 6.54 Å². The first-order chi connectivity index (χ1) is 15.0. The van der Waals surface area contributed by atoms with Crippen LogP contribution < -0.4 is 5.32 Å². The molecule has 2 aromatic heterocycles. The molecule has 1 N–H and O–H groups in total. The molecule has 0 spiro atoms. The minimum Gasteiger partial charge on any atom is -0.472 e. The summed E-state index contributed by atoms with van der Waals surface area (Å²) in [6.07, 6.45) is 6.10. The fraction of sp³-hybridized carbons (Fsp3) is 0.375. The van der Waals surface area contributed by atoms with Gasteiger partial charge in [-0.05, 0) is 30.4 Å². The Kier molecular flexibility index (Phi) is 6.21. The number of rotatable bonds is 6. The molecule has 0 bridgehead atoms. The van der Waals surface area contributed by atoms with Crippen molar-refractivity contribution in [3.63, 3.8) is 0 Å². The first kappa shape index (κ1) is 20.9. The highest BCUT2D eigenvalue weighted by Gasteiger charge is 2.27. The minimum atomic E-state index is -0.0948. The van der Waals surface area contributed by atoms with Gasteiger partial charge in [-0.2, -0.15) is 5.10 Å². The van der Waals surface area contributed by atoms with Gasteiger partial charge < -0.3 is 14.6 Å². The van der Waals surface area contributed by atoms with Gasteiger partial charge in [0.05, 0.1) is 35.8 Å². The summed E-state index contributed by atoms with van der Waals surface area (Å²) < 4.78 is 6.92. The standard InChI is InChI=1S/C24H28N4O3/c1-17(2)22-21(14-25-28(22)15-18-6-4-3-5-7-18)23(29)26-20-8-11-27(12-9-20)24(30)19-10-13-31-16-19/h3-7,10,13-14,16-17,20H,8-9,11-12,15H2,1-2H3,(H,26,29). The van der Waals surface area contributed by atoms with Crippen LogP contribution in [0.2, 0.25) is 0 Å². The lowest BCUT2D eigenvalue weighted by Crippen LogP contribution is -2.46. The van der Waals surface area contributed by atoms with Crippen molar-refractivity contribution in [1.82, 2.24) is 20.0 Å². The van der Waals surface area contributed by atoms with Gasteiger partial charge in [-0.3, -0.25) is 14.3 Å². The SMILES string of the molecule is CC(C)c1c(C(=O)NC2CCN(C(=O)c3ccoc3)CC2)cnn1Cc1ccccc1. The third-order valence-corrected chi connectivity index (χ3v) is 5.73. The largest absolute Gasteiger partial charge is 0.472 e. The van der Waals surface area contributed by atoms with Crippen molar-refractivity contribution in [2.75, 3.05) is 13.1 Å². The monoisotopic (exact) mass is 420 g/mol. The predicted molar refractivity (Wildman–Crippen MR) is 117 cm³/mol. The van der Waals surface area contributed by atoms with Gasteiger partial charge in [0.15, 0.2) is 0 Å². The van der Waals surface area contributed by atoms with Gasteiger partial charge in [-0.15, -0.1) is 0 Å². The Morgan fingerprint density at radius 2 is 1.90 bits per heavy atom. The molecule has 0 saturated carbocycles. The van der Waals surface area contributed by atoms with E-state index in [0.29, 0.717) is 30.8 Å². The molecule has 1 aromatic carbocycles. The van der Waals surface area contributed by atoms with Crippen LogP contribution in [0.25, 0.3) is 0 Å². The Morgan fingerprint density at radius 1 is 1.16 bits per heavy atom. The molecule has 7 nitrogen and oxygen atoms in total. The molecule has 1 aliphatic rings. The minimum absolute atomic E-state index is 0.0252. The highest BCUT2D eigenvalue weighted by Crippen LogP contribution is 2.22. The lowest BCUT2D eigenvalue weighted by Gasteiger charge is -2.32. The van der Waals surface area contributed by atoms with Gasteiger partial charge in [0.25, 0.3) is 11.8 Å². The van der Waals surface area contributed by atoms with Crippen LogP contribution in [0.3, 0.4) is 0 Å². The van der Waals surface area contributed by atoms with Crippen LogP contribution in [0.4, 0.5) is 0 Å². The van der Waals surface area contributed by atoms with Crippen LogP contribution in [0, 0.1) is 0 Å². The molecule has 1 saturated heterocycles. The Balaban J connectivity index is 1.39. The van der Waals surface area contributed by atoms with E-state index in [-0.39, 0.29) is 23.8 Å². The summed E-state index contributed by atoms with van der Waals surface area (Å²) >= 11 is 0. The number of nitrogens with zero attached hydrogens (tertiary/aromatic N) is 3. The zero-order valence-corrected chi connectivity index (χ0v) is 18.0. The van der Waals surface area contributed by atoms with Crippen LogP contribution in [-0.4, -0.2) is 45.6 Å². The molecule has 2 amide bonds. The smallest absolute Gasteiger partial charge is 0.257 e. The molecule has 3 aromatic rings. The van der Waals surface area contributed by atoms with Crippen molar-refractivity contribution in [2.24, 2.45) is 0 Å². The topological polar surface area (TPSA) is 80.4 Å². The van der Waals surface area contributed by atoms with Crippen molar-refractivity contribution < 1.29 is 14.0 Å². The first-order valence-electron chi connectivity index (χ1n) is 10.7. The second-order valence-electron chi connectivity index (χ2n) is 8.29. The average Bonchev–Trinajstić information content (AvgIpc) is 3.45. The Morgan fingerprint density at radius 3 is 2.55 bits per heavy atom. The number of aromatic nitrogens is 2. The number of likely N-dealkylation sites (tertiary alicyclic amines) is 1. The summed E-state index contributed by atoms with van der Waals surface area (Å²) in [4.78, 5) is 27.3. The maximum atomic E-state index is 13.0. The van der Waals surface area contributed by atoms with E-state index in [1.54, 1.807) is 12.3 Å². The van der Waals surface area contributed by atoms with Gasteiger partial charge in [-0.1, -0.05) is 44.2 Å². The van der Waals surface area contributed by atoms with E-state index in [4.69, 9.17) is 4.42 Å². The molecule has 3 heterocycles. The fourth-order valence-electron chi connectivity index (χ4n) is 4.12. The van der Waals surface area contributed by atoms with E-state index in [1.165, 1.54) is 12.5 Å². The van der Waals surface area contributed by atoms with E-state index < -0.39 is 0 Å². The first-order valence-corrected chi connectivity index (χ1v) is 10.7. The van der Waals surface area contributed by atoms with Gasteiger partial charge in [0.2, 0.25) is 0 Å². The Labute approximate surface area is 182 Å². The van der Waals surface area contributed by atoms with Crippen LogP contribution in [0.1, 0.15) is 64.6 Å². The Hall–Kier alpha value is -3.35. The molecular formula is C24H28N4O3. The predicted octanol–water partition coefficient (Wildman–Crippen LogP) is 3.68. The third kappa shape index (κ3) is 4.71. The summed E-state index contributed by atoms with van der Waals surface area (Å²) in [5.41, 5.74) is 3.28. The van der Waals surface area contributed by atoms with Gasteiger partial charge >= 0.3 is 0 Å². The summed E-state index contributed by atoms with van der Waals surface area (Å²) in [7, 11) is 0. The molecule has 1 aliphatic heterocycles. The molecular weight excluding hydrogens is 392 g/mol. The number of benzene rings is 1. The van der Waals surface area contributed by atoms with E-state index in [0.717, 1.165) is 24.1 Å². The van der Waals surface area contributed by atoms with Gasteiger partial charge in [0.1, 0.15) is 6.26 Å². The molecule has 0 radical (unpaired) electrons. The highest BCUT2D eigenvalue weighted by molar-refractivity contribution is 5.96. The maximum absolute atomic E-state index is 13.0. The molecule has 31 heavy (non-hydrogen) atoms. The van der Waals surface area contributed by atoms with Crippen molar-refractivity contribution in [3.8, 4) is 0 Å². The number of hydrogen-bond acceptors (Lipinski definition) is 4. The molecule has 0 unspecified atom stereocenters. The number of nitrogens with one attached hydrogen (secondary N) is 1. The number of carbonyl (C=O) groups is 2. The summed E-state index contributed by atoms with van der Waals surface area (Å²) in [6, 6.07) is 11.8. The van der Waals surface area contributed by atoms with E-state index in [9.17, 15) is 9.59 Å². The fourth-order valence-corrected chi connectivity index (χ4v) is 4.12.